The summed E-state index contributed by atoms with van der Waals surface area (Å²) >= 11 is 0. The highest BCUT2D eigenvalue weighted by Gasteiger charge is 2.19. The average molecular weight is 392 g/mol. The molecule has 0 aromatic heterocycles. The van der Waals surface area contributed by atoms with Crippen LogP contribution in [0.1, 0.15) is 11.1 Å². The lowest BCUT2D eigenvalue weighted by Crippen LogP contribution is -2.28. The van der Waals surface area contributed by atoms with Gasteiger partial charge in [0.15, 0.2) is 5.71 Å². The lowest BCUT2D eigenvalue weighted by Gasteiger charge is -2.13. The molecule has 0 saturated heterocycles. The number of halogens is 1. The molecule has 0 saturated carbocycles. The lowest BCUT2D eigenvalue weighted by atomic mass is 10.0. The van der Waals surface area contributed by atoms with E-state index in [4.69, 9.17) is 9.57 Å². The summed E-state index contributed by atoms with van der Waals surface area (Å²) in [6, 6.07) is 19.0. The number of carbonyl (C=O) groups excluding carboxylic acids is 1. The fourth-order valence-electron chi connectivity index (χ4n) is 2.82. The minimum atomic E-state index is -0.414. The third-order valence-electron chi connectivity index (χ3n) is 4.30. The number of aryl methyl sites for hydroxylation is 1. The SMILES string of the molecule is CNC(=O)/C(=N\OC)c1ccccc1Oc1ccc(F)c(-c2ccc(C)cc2)c1. The normalized spacial score (nSPS) is 11.1. The van der Waals surface area contributed by atoms with Gasteiger partial charge in [-0.1, -0.05) is 47.1 Å². The zero-order valence-electron chi connectivity index (χ0n) is 16.4. The summed E-state index contributed by atoms with van der Waals surface area (Å²) < 4.78 is 20.4. The predicted octanol–water partition coefficient (Wildman–Crippen LogP) is 4.69. The van der Waals surface area contributed by atoms with E-state index in [0.29, 0.717) is 22.6 Å². The van der Waals surface area contributed by atoms with E-state index in [9.17, 15) is 9.18 Å². The van der Waals surface area contributed by atoms with E-state index in [1.54, 1.807) is 30.3 Å². The Kier molecular flexibility index (Phi) is 6.24. The van der Waals surface area contributed by atoms with Crippen molar-refractivity contribution in [2.24, 2.45) is 5.16 Å². The van der Waals surface area contributed by atoms with Crippen LogP contribution in [-0.4, -0.2) is 25.8 Å². The van der Waals surface area contributed by atoms with Gasteiger partial charge >= 0.3 is 0 Å². The van der Waals surface area contributed by atoms with Crippen molar-refractivity contribution in [3.05, 3.63) is 83.7 Å². The smallest absolute Gasteiger partial charge is 0.273 e. The van der Waals surface area contributed by atoms with Crippen molar-refractivity contribution in [2.75, 3.05) is 14.2 Å². The largest absolute Gasteiger partial charge is 0.457 e. The first-order valence-electron chi connectivity index (χ1n) is 9.00. The molecule has 1 amide bonds. The molecule has 0 heterocycles. The number of oxime groups is 1. The van der Waals surface area contributed by atoms with Crippen LogP contribution in [0.4, 0.5) is 4.39 Å². The Hall–Kier alpha value is -3.67. The summed E-state index contributed by atoms with van der Waals surface area (Å²) in [5, 5.41) is 6.35. The molecule has 6 heteroatoms. The Bertz CT molecular complexity index is 1050. The van der Waals surface area contributed by atoms with Crippen LogP contribution in [0.5, 0.6) is 11.5 Å². The Morgan fingerprint density at radius 1 is 1.03 bits per heavy atom. The summed E-state index contributed by atoms with van der Waals surface area (Å²) in [4.78, 5) is 17.0. The zero-order chi connectivity index (χ0) is 20.8. The Morgan fingerprint density at radius 3 is 2.45 bits per heavy atom. The van der Waals surface area contributed by atoms with Crippen LogP contribution in [0.3, 0.4) is 0 Å². The number of ether oxygens (including phenoxy) is 1. The maximum atomic E-state index is 14.4. The van der Waals surface area contributed by atoms with Gasteiger partial charge in [0.25, 0.3) is 5.91 Å². The van der Waals surface area contributed by atoms with Gasteiger partial charge < -0.3 is 14.9 Å². The molecular formula is C23H21FN2O3. The number of rotatable bonds is 6. The van der Waals surface area contributed by atoms with Crippen LogP contribution in [0.15, 0.2) is 71.9 Å². The Labute approximate surface area is 168 Å². The quantitative estimate of drug-likeness (QED) is 0.489. The number of amides is 1. The van der Waals surface area contributed by atoms with E-state index in [1.807, 2.05) is 31.2 Å². The second-order valence-electron chi connectivity index (χ2n) is 6.31. The second-order valence-corrected chi connectivity index (χ2v) is 6.31. The Morgan fingerprint density at radius 2 is 1.76 bits per heavy atom. The number of para-hydroxylation sites is 1. The van der Waals surface area contributed by atoms with Crippen LogP contribution >= 0.6 is 0 Å². The molecular weight excluding hydrogens is 371 g/mol. The fraction of sp³-hybridized carbons (Fsp3) is 0.130. The van der Waals surface area contributed by atoms with Gasteiger partial charge in [-0.05, 0) is 42.8 Å². The molecule has 3 aromatic carbocycles. The van der Waals surface area contributed by atoms with Crippen LogP contribution in [0.2, 0.25) is 0 Å². The van der Waals surface area contributed by atoms with Gasteiger partial charge in [0.2, 0.25) is 0 Å². The number of hydrogen-bond donors (Lipinski definition) is 1. The average Bonchev–Trinajstić information content (AvgIpc) is 2.74. The number of nitrogens with zero attached hydrogens (tertiary/aromatic N) is 1. The molecule has 0 bridgehead atoms. The first-order chi connectivity index (χ1) is 14.0. The second kappa shape index (κ2) is 9.01. The van der Waals surface area contributed by atoms with Crippen molar-refractivity contribution in [3.8, 4) is 22.6 Å². The molecule has 0 aliphatic carbocycles. The van der Waals surface area contributed by atoms with Crippen LogP contribution in [-0.2, 0) is 9.63 Å². The molecule has 0 spiro atoms. The summed E-state index contributed by atoms with van der Waals surface area (Å²) in [6.45, 7) is 1.97. The molecule has 0 radical (unpaired) electrons. The standard InChI is InChI=1S/C23H21FN2O3/c1-15-8-10-16(11-9-15)19-14-17(12-13-20(19)24)29-21-7-5-4-6-18(21)22(26-28-3)23(27)25-2/h4-14H,1-3H3,(H,25,27)/b26-22-. The highest BCUT2D eigenvalue weighted by Crippen LogP contribution is 2.31. The monoisotopic (exact) mass is 392 g/mol. The van der Waals surface area contributed by atoms with Crippen LogP contribution < -0.4 is 10.1 Å². The van der Waals surface area contributed by atoms with Crippen molar-refractivity contribution >= 4 is 11.6 Å². The summed E-state index contributed by atoms with van der Waals surface area (Å²) in [5.74, 6) is 0.0697. The van der Waals surface area contributed by atoms with E-state index in [2.05, 4.69) is 10.5 Å². The number of nitrogens with one attached hydrogen (secondary N) is 1. The van der Waals surface area contributed by atoms with Gasteiger partial charge in [0, 0.05) is 12.6 Å². The highest BCUT2D eigenvalue weighted by molar-refractivity contribution is 6.45. The van der Waals surface area contributed by atoms with E-state index in [1.165, 1.54) is 26.3 Å². The summed E-state index contributed by atoms with van der Waals surface area (Å²) in [7, 11) is 2.87. The molecule has 0 aliphatic rings. The Balaban J connectivity index is 1.99. The van der Waals surface area contributed by atoms with Crippen molar-refractivity contribution < 1.29 is 18.8 Å². The minimum Gasteiger partial charge on any atom is -0.457 e. The number of hydrogen-bond acceptors (Lipinski definition) is 4. The van der Waals surface area contributed by atoms with Crippen molar-refractivity contribution in [2.45, 2.75) is 6.92 Å². The van der Waals surface area contributed by atoms with Gasteiger partial charge in [-0.15, -0.1) is 0 Å². The molecule has 29 heavy (non-hydrogen) atoms. The van der Waals surface area contributed by atoms with Crippen molar-refractivity contribution in [1.29, 1.82) is 0 Å². The first kappa shape index (κ1) is 20.1. The van der Waals surface area contributed by atoms with Crippen LogP contribution in [0.25, 0.3) is 11.1 Å². The third kappa shape index (κ3) is 4.60. The van der Waals surface area contributed by atoms with Gasteiger partial charge in [0.05, 0.1) is 5.56 Å². The maximum Gasteiger partial charge on any atom is 0.273 e. The minimum absolute atomic E-state index is 0.0754. The highest BCUT2D eigenvalue weighted by atomic mass is 19.1. The third-order valence-corrected chi connectivity index (χ3v) is 4.30. The maximum absolute atomic E-state index is 14.4. The van der Waals surface area contributed by atoms with E-state index >= 15 is 0 Å². The number of benzene rings is 3. The molecule has 3 aromatic rings. The van der Waals surface area contributed by atoms with Crippen molar-refractivity contribution in [3.63, 3.8) is 0 Å². The van der Waals surface area contributed by atoms with Gasteiger partial charge in [-0.25, -0.2) is 4.39 Å². The number of carbonyl (C=O) groups is 1. The topological polar surface area (TPSA) is 59.9 Å². The molecule has 148 valence electrons. The molecule has 3 rings (SSSR count). The molecule has 0 aliphatic heterocycles. The number of likely N-dealkylation sites (N-methyl/N-ethyl adjacent to an activating group) is 1. The van der Waals surface area contributed by atoms with Gasteiger partial charge in [0.1, 0.15) is 24.4 Å². The fourth-order valence-corrected chi connectivity index (χ4v) is 2.82. The summed E-state index contributed by atoms with van der Waals surface area (Å²) in [5.41, 5.74) is 2.80. The molecule has 0 atom stereocenters. The molecule has 5 nitrogen and oxygen atoms in total. The van der Waals surface area contributed by atoms with Gasteiger partial charge in [-0.3, -0.25) is 4.79 Å². The first-order valence-corrected chi connectivity index (χ1v) is 9.00. The molecule has 0 fully saturated rings. The van der Waals surface area contributed by atoms with Gasteiger partial charge in [-0.2, -0.15) is 0 Å². The lowest BCUT2D eigenvalue weighted by molar-refractivity contribution is -0.114. The van der Waals surface area contributed by atoms with Crippen molar-refractivity contribution in [1.82, 2.24) is 5.32 Å². The summed E-state index contributed by atoms with van der Waals surface area (Å²) in [6.07, 6.45) is 0. The molecule has 1 N–H and O–H groups in total. The molecule has 0 unspecified atom stereocenters. The zero-order valence-corrected chi connectivity index (χ0v) is 16.4. The van der Waals surface area contributed by atoms with E-state index in [0.717, 1.165) is 11.1 Å². The van der Waals surface area contributed by atoms with E-state index in [-0.39, 0.29) is 11.5 Å². The van der Waals surface area contributed by atoms with E-state index < -0.39 is 5.91 Å². The van der Waals surface area contributed by atoms with Crippen LogP contribution in [0, 0.1) is 12.7 Å². The predicted molar refractivity (Wildman–Crippen MR) is 111 cm³/mol.